The van der Waals surface area contributed by atoms with E-state index in [9.17, 15) is 15.0 Å². The minimum absolute atomic E-state index is 0. The number of hydrogen-bond donors (Lipinski definition) is 1. The predicted molar refractivity (Wildman–Crippen MR) is 70.9 cm³/mol. The third-order valence-corrected chi connectivity index (χ3v) is 2.90. The quantitative estimate of drug-likeness (QED) is 0.697. The van der Waals surface area contributed by atoms with Crippen molar-refractivity contribution in [3.63, 3.8) is 0 Å². The van der Waals surface area contributed by atoms with E-state index in [1.165, 1.54) is 22.9 Å². The largest absolute Gasteiger partial charge is 1.00 e. The third-order valence-electron chi connectivity index (χ3n) is 2.90. The number of primary amides is 1. The van der Waals surface area contributed by atoms with Crippen LogP contribution in [-0.2, 0) is 31.1 Å². The Morgan fingerprint density at radius 3 is 2.70 bits per heavy atom. The summed E-state index contributed by atoms with van der Waals surface area (Å²) in [6.45, 7) is -0.161. The molecule has 2 N–H and O–H groups in total. The summed E-state index contributed by atoms with van der Waals surface area (Å²) < 4.78 is 1.26. The molecule has 0 saturated heterocycles. The smallest absolute Gasteiger partial charge is 0.465 e. The first kappa shape index (κ1) is 16.3. The van der Waals surface area contributed by atoms with Crippen molar-refractivity contribution in [2.45, 2.75) is 19.4 Å². The second-order valence-electron chi connectivity index (χ2n) is 4.36. The van der Waals surface area contributed by atoms with Gasteiger partial charge in [-0.25, -0.2) is 0 Å². The summed E-state index contributed by atoms with van der Waals surface area (Å²) in [5.74, 6) is -0.674. The molecule has 0 saturated carbocycles. The normalized spacial score (nSPS) is 13.3. The van der Waals surface area contributed by atoms with Gasteiger partial charge in [-0.1, -0.05) is 42.0 Å². The van der Waals surface area contributed by atoms with Gasteiger partial charge in [-0.05, 0) is 12.8 Å². The standard InChI is InChI=1S/C14H14N3O2.Os/c15-12-7-6-11(8-17(12)9-13(16)18)14(19)10-4-2-1-3-5-10;/h1-2,4,6-8H,3,5,9H2,(H2,16,18);/q-1;+1. The van der Waals surface area contributed by atoms with Crippen molar-refractivity contribution in [1.29, 1.82) is 0 Å². The Kier molecular flexibility index (Phi) is 5.78. The zero-order valence-electron chi connectivity index (χ0n) is 10.7. The molecule has 1 aromatic heterocycles. The first-order valence-corrected chi connectivity index (χ1v) is 5.99. The third kappa shape index (κ3) is 3.85. The fraction of sp³-hybridized carbons (Fsp3) is 0.214. The molecule has 1 aliphatic carbocycles. The van der Waals surface area contributed by atoms with E-state index < -0.39 is 5.91 Å². The number of aromatic nitrogens is 1. The first-order valence-electron chi connectivity index (χ1n) is 5.99. The Labute approximate surface area is 129 Å². The maximum Gasteiger partial charge on any atom is 1.00 e. The molecule has 0 spiro atoms. The Morgan fingerprint density at radius 1 is 1.35 bits per heavy atom. The van der Waals surface area contributed by atoms with Gasteiger partial charge in [0.05, 0.1) is 0 Å². The summed E-state index contributed by atoms with van der Waals surface area (Å²) in [7, 11) is 0. The molecule has 0 fully saturated rings. The van der Waals surface area contributed by atoms with Crippen LogP contribution in [0.1, 0.15) is 23.2 Å². The van der Waals surface area contributed by atoms with Crippen LogP contribution in [0.15, 0.2) is 42.1 Å². The summed E-state index contributed by atoms with van der Waals surface area (Å²) in [4.78, 5) is 23.1. The van der Waals surface area contributed by atoms with Gasteiger partial charge in [-0.2, -0.15) is 0 Å². The van der Waals surface area contributed by atoms with Gasteiger partial charge in [-0.15, -0.1) is 0 Å². The predicted octanol–water partition coefficient (Wildman–Crippen LogP) is 0.900. The number of Topliss-reactive ketones (excluding diaryl/α,β-unsaturated/α-hetero) is 1. The average molecular weight is 447 g/mol. The van der Waals surface area contributed by atoms with Crippen LogP contribution in [0.3, 0.4) is 0 Å². The zero-order valence-corrected chi connectivity index (χ0v) is 13.3. The number of hydrogen-bond acceptors (Lipinski definition) is 2. The number of amides is 1. The fourth-order valence-corrected chi connectivity index (χ4v) is 1.94. The van der Waals surface area contributed by atoms with Gasteiger partial charge in [0.25, 0.3) is 0 Å². The molecule has 6 heteroatoms. The molecule has 0 unspecified atom stereocenters. The molecule has 20 heavy (non-hydrogen) atoms. The van der Waals surface area contributed by atoms with Crippen molar-refractivity contribution >= 4 is 11.7 Å². The van der Waals surface area contributed by atoms with Crippen LogP contribution in [0.4, 0.5) is 0 Å². The second kappa shape index (κ2) is 7.11. The molecule has 2 rings (SSSR count). The Hall–Kier alpha value is -1.79. The van der Waals surface area contributed by atoms with Gasteiger partial charge < -0.3 is 15.7 Å². The van der Waals surface area contributed by atoms with Gasteiger partial charge in [0, 0.05) is 17.7 Å². The van der Waals surface area contributed by atoms with E-state index in [1.807, 2.05) is 12.2 Å². The van der Waals surface area contributed by atoms with Crippen molar-refractivity contribution < 1.29 is 29.4 Å². The monoisotopic (exact) mass is 448 g/mol. The number of carbonyl (C=O) groups excluding carboxylic acids is 2. The minimum atomic E-state index is -0.579. The van der Waals surface area contributed by atoms with Crippen LogP contribution in [0.2, 0.25) is 0 Å². The molecular formula is C14H14N3O2Os. The zero-order chi connectivity index (χ0) is 13.8. The molecule has 1 aliphatic rings. The SMILES string of the molecule is [N-]=c1ccc(C(=O)C2=CC=CCC2)cn1CC(N)=O.[Os+]. The average Bonchev–Trinajstić information content (AvgIpc) is 2.41. The topological polar surface area (TPSA) is 87.4 Å². The van der Waals surface area contributed by atoms with E-state index in [-0.39, 0.29) is 37.6 Å². The summed E-state index contributed by atoms with van der Waals surface area (Å²) in [6, 6.07) is 2.92. The van der Waals surface area contributed by atoms with Crippen molar-refractivity contribution in [3.05, 3.63) is 58.6 Å². The van der Waals surface area contributed by atoms with Gasteiger partial charge in [0.1, 0.15) is 0 Å². The van der Waals surface area contributed by atoms with E-state index in [2.05, 4.69) is 0 Å². The second-order valence-corrected chi connectivity index (χ2v) is 4.36. The summed E-state index contributed by atoms with van der Waals surface area (Å²) in [5.41, 5.74) is 6.13. The van der Waals surface area contributed by atoms with Crippen molar-refractivity contribution in [2.75, 3.05) is 0 Å². The van der Waals surface area contributed by atoms with Crippen LogP contribution >= 0.6 is 0 Å². The van der Waals surface area contributed by atoms with Gasteiger partial charge in [0.15, 0.2) is 5.78 Å². The van der Waals surface area contributed by atoms with Crippen molar-refractivity contribution in [3.8, 4) is 0 Å². The number of allylic oxidation sites excluding steroid dienone is 4. The summed E-state index contributed by atoms with van der Waals surface area (Å²) in [5, 5.41) is 9.59. The molecule has 1 amide bonds. The molecule has 1 aromatic rings. The van der Waals surface area contributed by atoms with E-state index in [0.717, 1.165) is 12.0 Å². The number of rotatable bonds is 4. The summed E-state index contributed by atoms with van der Waals surface area (Å²) >= 11 is 0. The number of nitrogens with zero attached hydrogens (tertiary/aromatic N) is 2. The van der Waals surface area contributed by atoms with E-state index in [0.29, 0.717) is 12.0 Å². The molecule has 0 bridgehead atoms. The van der Waals surface area contributed by atoms with Crippen LogP contribution < -0.4 is 11.2 Å². The molecule has 0 aromatic carbocycles. The molecule has 1 radical (unpaired) electrons. The van der Waals surface area contributed by atoms with Gasteiger partial charge >= 0.3 is 19.8 Å². The molecule has 5 nitrogen and oxygen atoms in total. The van der Waals surface area contributed by atoms with Crippen LogP contribution in [-0.4, -0.2) is 16.3 Å². The van der Waals surface area contributed by atoms with Gasteiger partial charge in [-0.3, -0.25) is 9.59 Å². The van der Waals surface area contributed by atoms with Crippen LogP contribution in [0.25, 0.3) is 5.41 Å². The minimum Gasteiger partial charge on any atom is -0.465 e. The van der Waals surface area contributed by atoms with Crippen LogP contribution in [0.5, 0.6) is 0 Å². The van der Waals surface area contributed by atoms with Crippen molar-refractivity contribution in [1.82, 2.24) is 4.57 Å². The molecule has 105 valence electrons. The fourth-order valence-electron chi connectivity index (χ4n) is 1.94. The Morgan fingerprint density at radius 2 is 2.10 bits per heavy atom. The van der Waals surface area contributed by atoms with Crippen molar-refractivity contribution in [2.24, 2.45) is 5.73 Å². The Bertz CT molecular complexity index is 644. The molecule has 1 heterocycles. The molecular weight excluding hydrogens is 432 g/mol. The maximum absolute atomic E-state index is 12.2. The number of nitrogens with two attached hydrogens (primary N) is 1. The van der Waals surface area contributed by atoms with E-state index in [4.69, 9.17) is 5.73 Å². The van der Waals surface area contributed by atoms with E-state index in [1.54, 1.807) is 6.08 Å². The Balaban J connectivity index is 0.00000200. The summed E-state index contributed by atoms with van der Waals surface area (Å²) in [6.07, 6.45) is 8.64. The number of carbonyl (C=O) groups is 2. The molecule has 0 atom stereocenters. The van der Waals surface area contributed by atoms with Crippen LogP contribution in [0, 0.1) is 0 Å². The maximum atomic E-state index is 12.2. The number of ketones is 1. The van der Waals surface area contributed by atoms with E-state index >= 15 is 0 Å². The van der Waals surface area contributed by atoms with Gasteiger partial charge in [0.2, 0.25) is 5.91 Å². The molecule has 0 aliphatic heterocycles. The number of pyridine rings is 1. The first-order chi connectivity index (χ1) is 9.08.